The van der Waals surface area contributed by atoms with Crippen molar-refractivity contribution in [2.24, 2.45) is 0 Å². The van der Waals surface area contributed by atoms with Gasteiger partial charge in [-0.25, -0.2) is 0 Å². The van der Waals surface area contributed by atoms with E-state index in [2.05, 4.69) is 12.1 Å². The van der Waals surface area contributed by atoms with E-state index in [4.69, 9.17) is 9.47 Å². The van der Waals surface area contributed by atoms with Gasteiger partial charge in [-0.3, -0.25) is 0 Å². The number of aliphatic hydroxyl groups is 1. The van der Waals surface area contributed by atoms with E-state index in [-0.39, 0.29) is 6.10 Å². The van der Waals surface area contributed by atoms with Crippen LogP contribution < -0.4 is 0 Å². The van der Waals surface area contributed by atoms with Gasteiger partial charge in [0.15, 0.2) is 0 Å². The lowest BCUT2D eigenvalue weighted by molar-refractivity contribution is 0.0534. The molecule has 1 aromatic carbocycles. The van der Waals surface area contributed by atoms with Gasteiger partial charge >= 0.3 is 0 Å². The third-order valence-electron chi connectivity index (χ3n) is 3.64. The maximum Gasteiger partial charge on any atom is 0.0814 e. The molecule has 2 unspecified atom stereocenters. The number of rotatable bonds is 3. The van der Waals surface area contributed by atoms with Gasteiger partial charge in [0, 0.05) is 13.0 Å². The zero-order chi connectivity index (χ0) is 11.7. The first-order chi connectivity index (χ1) is 8.33. The molecule has 1 aromatic rings. The molecule has 0 amide bonds. The third-order valence-corrected chi connectivity index (χ3v) is 3.64. The molecule has 1 N–H and O–H groups in total. The maximum atomic E-state index is 10.2. The number of ether oxygens (including phenoxy) is 2. The second-order valence-electron chi connectivity index (χ2n) is 4.91. The Bertz CT molecular complexity index is 396. The highest BCUT2D eigenvalue weighted by molar-refractivity contribution is 5.34. The fourth-order valence-electron chi connectivity index (χ4n) is 2.61. The summed E-state index contributed by atoms with van der Waals surface area (Å²) in [4.78, 5) is 0. The molecule has 0 radical (unpaired) electrons. The second kappa shape index (κ2) is 4.77. The highest BCUT2D eigenvalue weighted by Gasteiger charge is 2.21. The zero-order valence-corrected chi connectivity index (χ0v) is 9.89. The molecular weight excluding hydrogens is 216 g/mol. The Morgan fingerprint density at radius 2 is 2.18 bits per heavy atom. The van der Waals surface area contributed by atoms with E-state index in [0.29, 0.717) is 19.6 Å². The molecule has 1 saturated heterocycles. The van der Waals surface area contributed by atoms with Gasteiger partial charge in [0.1, 0.15) is 0 Å². The molecule has 2 heterocycles. The van der Waals surface area contributed by atoms with Crippen LogP contribution in [0, 0.1) is 0 Å². The monoisotopic (exact) mass is 234 g/mol. The molecule has 0 aliphatic carbocycles. The number of hydrogen-bond donors (Lipinski definition) is 1. The first-order valence-electron chi connectivity index (χ1n) is 6.32. The molecule has 0 saturated carbocycles. The third kappa shape index (κ3) is 2.37. The predicted octanol–water partition coefficient (Wildman–Crippen LogP) is 2.32. The first kappa shape index (κ1) is 11.2. The smallest absolute Gasteiger partial charge is 0.0814 e. The van der Waals surface area contributed by atoms with E-state index < -0.39 is 6.10 Å². The minimum Gasteiger partial charge on any atom is -0.388 e. The van der Waals surface area contributed by atoms with Gasteiger partial charge in [0.25, 0.3) is 0 Å². The summed E-state index contributed by atoms with van der Waals surface area (Å²) in [5.41, 5.74) is 3.46. The van der Waals surface area contributed by atoms with Gasteiger partial charge in [-0.1, -0.05) is 18.2 Å². The fourth-order valence-corrected chi connectivity index (χ4v) is 2.61. The number of aliphatic hydroxyl groups excluding tert-OH is 1. The molecule has 17 heavy (non-hydrogen) atoms. The van der Waals surface area contributed by atoms with Crippen LogP contribution >= 0.6 is 0 Å². The van der Waals surface area contributed by atoms with Crippen LogP contribution in [0.4, 0.5) is 0 Å². The quantitative estimate of drug-likeness (QED) is 0.872. The largest absolute Gasteiger partial charge is 0.388 e. The van der Waals surface area contributed by atoms with Crippen molar-refractivity contribution >= 4 is 0 Å². The van der Waals surface area contributed by atoms with Gasteiger partial charge in [0.2, 0.25) is 0 Å². The molecule has 3 nitrogen and oxygen atoms in total. The summed E-state index contributed by atoms with van der Waals surface area (Å²) in [6.07, 6.45) is 2.72. The van der Waals surface area contributed by atoms with Crippen molar-refractivity contribution < 1.29 is 14.6 Å². The molecular formula is C14H18O3. The molecule has 2 atom stereocenters. The molecule has 0 spiro atoms. The van der Waals surface area contributed by atoms with E-state index >= 15 is 0 Å². The molecule has 0 aromatic heterocycles. The Labute approximate surface area is 101 Å². The molecule has 2 aliphatic rings. The minimum atomic E-state index is -0.413. The van der Waals surface area contributed by atoms with E-state index in [0.717, 1.165) is 25.0 Å². The Morgan fingerprint density at radius 1 is 1.29 bits per heavy atom. The van der Waals surface area contributed by atoms with Gasteiger partial charge in [-0.2, -0.15) is 0 Å². The molecule has 3 rings (SSSR count). The van der Waals surface area contributed by atoms with Crippen molar-refractivity contribution in [2.45, 2.75) is 44.7 Å². The predicted molar refractivity (Wildman–Crippen MR) is 63.5 cm³/mol. The highest BCUT2D eigenvalue weighted by Crippen LogP contribution is 2.28. The lowest BCUT2D eigenvalue weighted by atomic mass is 9.98. The molecule has 92 valence electrons. The lowest BCUT2D eigenvalue weighted by Gasteiger charge is -2.16. The van der Waals surface area contributed by atoms with Gasteiger partial charge < -0.3 is 14.6 Å². The van der Waals surface area contributed by atoms with Crippen molar-refractivity contribution in [1.29, 1.82) is 0 Å². The van der Waals surface area contributed by atoms with Crippen LogP contribution in [-0.4, -0.2) is 17.8 Å². The van der Waals surface area contributed by atoms with Crippen LogP contribution in [-0.2, 0) is 22.7 Å². The summed E-state index contributed by atoms with van der Waals surface area (Å²) in [6, 6.07) is 6.14. The summed E-state index contributed by atoms with van der Waals surface area (Å²) in [5.74, 6) is 0. The minimum absolute atomic E-state index is 0.231. The Balaban J connectivity index is 1.70. The number of hydrogen-bond acceptors (Lipinski definition) is 3. The van der Waals surface area contributed by atoms with Crippen LogP contribution in [0.25, 0.3) is 0 Å². The van der Waals surface area contributed by atoms with Crippen LogP contribution in [0.2, 0.25) is 0 Å². The van der Waals surface area contributed by atoms with Gasteiger partial charge in [-0.15, -0.1) is 0 Å². The average molecular weight is 234 g/mol. The molecule has 0 bridgehead atoms. The van der Waals surface area contributed by atoms with Crippen LogP contribution in [0.5, 0.6) is 0 Å². The van der Waals surface area contributed by atoms with Crippen LogP contribution in [0.15, 0.2) is 18.2 Å². The highest BCUT2D eigenvalue weighted by atomic mass is 16.5. The van der Waals surface area contributed by atoms with Crippen LogP contribution in [0.1, 0.15) is 42.1 Å². The summed E-state index contributed by atoms with van der Waals surface area (Å²) >= 11 is 0. The number of fused-ring (bicyclic) bond motifs is 1. The van der Waals surface area contributed by atoms with E-state index in [1.54, 1.807) is 0 Å². The molecule has 1 fully saturated rings. The van der Waals surface area contributed by atoms with Crippen molar-refractivity contribution in [3.05, 3.63) is 34.9 Å². The molecule has 2 aliphatic heterocycles. The van der Waals surface area contributed by atoms with E-state index in [1.807, 2.05) is 6.07 Å². The topological polar surface area (TPSA) is 38.7 Å². The molecule has 3 heteroatoms. The summed E-state index contributed by atoms with van der Waals surface area (Å²) in [5, 5.41) is 10.2. The van der Waals surface area contributed by atoms with E-state index in [9.17, 15) is 5.11 Å². The van der Waals surface area contributed by atoms with Gasteiger partial charge in [0.05, 0.1) is 25.4 Å². The summed E-state index contributed by atoms with van der Waals surface area (Å²) in [6.45, 7) is 2.22. The average Bonchev–Trinajstić information content (AvgIpc) is 2.97. The number of benzene rings is 1. The SMILES string of the molecule is OC(CC1CCCO1)c1ccc2c(c1)COC2. The zero-order valence-electron chi connectivity index (χ0n) is 9.89. The van der Waals surface area contributed by atoms with Crippen molar-refractivity contribution in [2.75, 3.05) is 6.61 Å². The standard InChI is InChI=1S/C14H18O3/c15-14(7-13-2-1-5-17-13)10-3-4-11-8-16-9-12(11)6-10/h3-4,6,13-15H,1-2,5,7-9H2. The Kier molecular flexibility index (Phi) is 3.14. The maximum absolute atomic E-state index is 10.2. The fraction of sp³-hybridized carbons (Fsp3) is 0.571. The first-order valence-corrected chi connectivity index (χ1v) is 6.32. The van der Waals surface area contributed by atoms with Crippen LogP contribution in [0.3, 0.4) is 0 Å². The van der Waals surface area contributed by atoms with Gasteiger partial charge in [-0.05, 0) is 29.5 Å². The Hall–Kier alpha value is -0.900. The summed E-state index contributed by atoms with van der Waals surface area (Å²) < 4.78 is 10.9. The lowest BCUT2D eigenvalue weighted by Crippen LogP contribution is -2.11. The van der Waals surface area contributed by atoms with Crippen molar-refractivity contribution in [3.63, 3.8) is 0 Å². The summed E-state index contributed by atoms with van der Waals surface area (Å²) in [7, 11) is 0. The normalized spacial score (nSPS) is 24.9. The van der Waals surface area contributed by atoms with Crippen molar-refractivity contribution in [1.82, 2.24) is 0 Å². The Morgan fingerprint density at radius 3 is 3.00 bits per heavy atom. The van der Waals surface area contributed by atoms with E-state index in [1.165, 1.54) is 11.1 Å². The second-order valence-corrected chi connectivity index (χ2v) is 4.91. The van der Waals surface area contributed by atoms with Crippen molar-refractivity contribution in [3.8, 4) is 0 Å².